The molecule has 0 unspecified atom stereocenters. The van der Waals surface area contributed by atoms with Crippen LogP contribution >= 0.6 is 0 Å². The normalized spacial score (nSPS) is 11.5. The fourth-order valence-electron chi connectivity index (χ4n) is 3.87. The van der Waals surface area contributed by atoms with Crippen LogP contribution in [0.2, 0.25) is 0 Å². The largest absolute Gasteiger partial charge is 0.484 e. The molecule has 0 saturated carbocycles. The second-order valence-corrected chi connectivity index (χ2v) is 8.22. The molecule has 0 aromatic heterocycles. The third kappa shape index (κ3) is 7.21. The Kier molecular flexibility index (Phi) is 8.64. The van der Waals surface area contributed by atoms with E-state index >= 15 is 0 Å². The number of amides is 2. The van der Waals surface area contributed by atoms with E-state index in [0.29, 0.717) is 25.3 Å². The van der Waals surface area contributed by atoms with Gasteiger partial charge in [0.25, 0.3) is 5.91 Å². The number of hydrogen-bond donors (Lipinski definition) is 1. The Morgan fingerprint density at radius 3 is 2.03 bits per heavy atom. The third-order valence-corrected chi connectivity index (χ3v) is 5.38. The van der Waals surface area contributed by atoms with E-state index in [2.05, 4.69) is 11.4 Å². The molecule has 5 heteroatoms. The molecular formula is C28H32N2O3. The maximum atomic E-state index is 13.5. The van der Waals surface area contributed by atoms with E-state index in [1.807, 2.05) is 93.6 Å². The molecule has 0 spiro atoms. The smallest absolute Gasteiger partial charge is 0.261 e. The Bertz CT molecular complexity index is 1030. The van der Waals surface area contributed by atoms with Crippen LogP contribution in [0.1, 0.15) is 29.2 Å². The van der Waals surface area contributed by atoms with E-state index < -0.39 is 6.04 Å². The zero-order valence-corrected chi connectivity index (χ0v) is 19.6. The van der Waals surface area contributed by atoms with Crippen LogP contribution in [0.15, 0.2) is 78.9 Å². The van der Waals surface area contributed by atoms with E-state index in [4.69, 9.17) is 4.74 Å². The first-order valence-corrected chi connectivity index (χ1v) is 11.3. The average Bonchev–Trinajstić information content (AvgIpc) is 2.80. The van der Waals surface area contributed by atoms with Crippen molar-refractivity contribution in [2.45, 2.75) is 39.8 Å². The van der Waals surface area contributed by atoms with Crippen LogP contribution < -0.4 is 10.1 Å². The summed E-state index contributed by atoms with van der Waals surface area (Å²) in [6.45, 7) is 6.55. The van der Waals surface area contributed by atoms with Crippen molar-refractivity contribution in [1.82, 2.24) is 10.2 Å². The number of aryl methyl sites for hydroxylation is 2. The molecule has 1 atom stereocenters. The fraction of sp³-hybridized carbons (Fsp3) is 0.286. The van der Waals surface area contributed by atoms with Gasteiger partial charge in [-0.25, -0.2) is 0 Å². The van der Waals surface area contributed by atoms with E-state index in [1.165, 1.54) is 0 Å². The van der Waals surface area contributed by atoms with Crippen molar-refractivity contribution in [3.05, 3.63) is 101 Å². The van der Waals surface area contributed by atoms with Crippen LogP contribution in [-0.2, 0) is 22.6 Å². The molecule has 0 radical (unpaired) electrons. The minimum Gasteiger partial charge on any atom is -0.484 e. The van der Waals surface area contributed by atoms with Gasteiger partial charge in [0.1, 0.15) is 11.8 Å². The molecule has 0 heterocycles. The predicted molar refractivity (Wildman–Crippen MR) is 131 cm³/mol. The van der Waals surface area contributed by atoms with Crippen LogP contribution in [0, 0.1) is 13.8 Å². The lowest BCUT2D eigenvalue weighted by atomic mass is 10.0. The number of rotatable bonds is 10. The lowest BCUT2D eigenvalue weighted by Crippen LogP contribution is -2.51. The topological polar surface area (TPSA) is 58.6 Å². The molecule has 0 fully saturated rings. The Labute approximate surface area is 196 Å². The standard InChI is InChI=1S/C28H32N2O3/c1-4-29-28(32)26(18-23-11-7-5-8-12-23)30(19-24-13-9-6-10-14-24)27(31)20-33-25-16-21(2)15-22(3)17-25/h5-17,26H,4,18-20H2,1-3H3,(H,29,32)/t26-/m0/s1. The fourth-order valence-corrected chi connectivity index (χ4v) is 3.87. The van der Waals surface area contributed by atoms with E-state index in [0.717, 1.165) is 22.3 Å². The number of nitrogens with one attached hydrogen (secondary N) is 1. The van der Waals surface area contributed by atoms with Crippen molar-refractivity contribution >= 4 is 11.8 Å². The van der Waals surface area contributed by atoms with Gasteiger partial charge in [0, 0.05) is 19.5 Å². The number of hydrogen-bond acceptors (Lipinski definition) is 3. The average molecular weight is 445 g/mol. The first-order chi connectivity index (χ1) is 16.0. The first kappa shape index (κ1) is 24.1. The minimum atomic E-state index is -0.650. The van der Waals surface area contributed by atoms with Gasteiger partial charge >= 0.3 is 0 Å². The van der Waals surface area contributed by atoms with E-state index in [1.54, 1.807) is 4.90 Å². The van der Waals surface area contributed by atoms with Crippen molar-refractivity contribution < 1.29 is 14.3 Å². The highest BCUT2D eigenvalue weighted by Crippen LogP contribution is 2.18. The number of ether oxygens (including phenoxy) is 1. The van der Waals surface area contributed by atoms with Crippen LogP contribution in [0.5, 0.6) is 5.75 Å². The van der Waals surface area contributed by atoms with Gasteiger partial charge in [-0.1, -0.05) is 66.7 Å². The summed E-state index contributed by atoms with van der Waals surface area (Å²) in [6.07, 6.45) is 0.425. The molecule has 3 aromatic rings. The first-order valence-electron chi connectivity index (χ1n) is 11.3. The molecule has 172 valence electrons. The SMILES string of the molecule is CCNC(=O)[C@H](Cc1ccccc1)N(Cc1ccccc1)C(=O)COc1cc(C)cc(C)c1. The second kappa shape index (κ2) is 11.9. The molecule has 3 rings (SSSR count). The van der Waals surface area contributed by atoms with Crippen LogP contribution in [0.25, 0.3) is 0 Å². The van der Waals surface area contributed by atoms with Gasteiger partial charge < -0.3 is 15.0 Å². The summed E-state index contributed by atoms with van der Waals surface area (Å²) in [6, 6.07) is 24.7. The summed E-state index contributed by atoms with van der Waals surface area (Å²) in [7, 11) is 0. The summed E-state index contributed by atoms with van der Waals surface area (Å²) in [5.41, 5.74) is 4.10. The number of likely N-dealkylation sites (N-methyl/N-ethyl adjacent to an activating group) is 1. The molecule has 5 nitrogen and oxygen atoms in total. The minimum absolute atomic E-state index is 0.138. The molecule has 0 bridgehead atoms. The quantitative estimate of drug-likeness (QED) is 0.502. The van der Waals surface area contributed by atoms with Crippen LogP contribution in [0.4, 0.5) is 0 Å². The molecular weight excluding hydrogens is 412 g/mol. The summed E-state index contributed by atoms with van der Waals surface area (Å²) in [4.78, 5) is 28.2. The Morgan fingerprint density at radius 1 is 0.879 bits per heavy atom. The van der Waals surface area contributed by atoms with Gasteiger partial charge in [-0.3, -0.25) is 9.59 Å². The maximum Gasteiger partial charge on any atom is 0.261 e. The van der Waals surface area contributed by atoms with E-state index in [-0.39, 0.29) is 18.4 Å². The highest BCUT2D eigenvalue weighted by atomic mass is 16.5. The highest BCUT2D eigenvalue weighted by molar-refractivity contribution is 5.88. The van der Waals surface area contributed by atoms with Crippen molar-refractivity contribution in [1.29, 1.82) is 0 Å². The number of benzene rings is 3. The van der Waals surface area contributed by atoms with Crippen molar-refractivity contribution in [2.75, 3.05) is 13.2 Å². The number of carbonyl (C=O) groups excluding carboxylic acids is 2. The molecule has 0 aliphatic heterocycles. The zero-order chi connectivity index (χ0) is 23.6. The molecule has 2 amide bonds. The molecule has 1 N–H and O–H groups in total. The molecule has 0 saturated heterocycles. The van der Waals surface area contributed by atoms with Gasteiger partial charge in [-0.05, 0) is 55.2 Å². The third-order valence-electron chi connectivity index (χ3n) is 5.38. The molecule has 0 aliphatic rings. The summed E-state index contributed by atoms with van der Waals surface area (Å²) >= 11 is 0. The van der Waals surface area contributed by atoms with E-state index in [9.17, 15) is 9.59 Å². The summed E-state index contributed by atoms with van der Waals surface area (Å²) in [5.74, 6) is 0.250. The predicted octanol–water partition coefficient (Wildman–Crippen LogP) is 4.46. The molecule has 3 aromatic carbocycles. The van der Waals surface area contributed by atoms with Gasteiger partial charge in [0.2, 0.25) is 5.91 Å². The summed E-state index contributed by atoms with van der Waals surface area (Å²) < 4.78 is 5.87. The molecule has 33 heavy (non-hydrogen) atoms. The highest BCUT2D eigenvalue weighted by Gasteiger charge is 2.30. The monoisotopic (exact) mass is 444 g/mol. The van der Waals surface area contributed by atoms with Gasteiger partial charge in [-0.2, -0.15) is 0 Å². The summed E-state index contributed by atoms with van der Waals surface area (Å²) in [5, 5.41) is 2.90. The Morgan fingerprint density at radius 2 is 1.45 bits per heavy atom. The van der Waals surface area contributed by atoms with Crippen LogP contribution in [0.3, 0.4) is 0 Å². The van der Waals surface area contributed by atoms with Gasteiger partial charge in [0.05, 0.1) is 0 Å². The lowest BCUT2D eigenvalue weighted by molar-refractivity contribution is -0.142. The number of carbonyl (C=O) groups is 2. The number of nitrogens with zero attached hydrogens (tertiary/aromatic N) is 1. The van der Waals surface area contributed by atoms with Crippen molar-refractivity contribution in [3.8, 4) is 5.75 Å². The van der Waals surface area contributed by atoms with Crippen molar-refractivity contribution in [3.63, 3.8) is 0 Å². The maximum absolute atomic E-state index is 13.5. The van der Waals surface area contributed by atoms with Crippen molar-refractivity contribution in [2.24, 2.45) is 0 Å². The Balaban J connectivity index is 1.87. The van der Waals surface area contributed by atoms with Gasteiger partial charge in [-0.15, -0.1) is 0 Å². The Hall–Kier alpha value is -3.60. The lowest BCUT2D eigenvalue weighted by Gasteiger charge is -2.31. The van der Waals surface area contributed by atoms with Gasteiger partial charge in [0.15, 0.2) is 6.61 Å². The van der Waals surface area contributed by atoms with Crippen LogP contribution in [-0.4, -0.2) is 35.9 Å². The zero-order valence-electron chi connectivity index (χ0n) is 19.6. The molecule has 0 aliphatic carbocycles. The second-order valence-electron chi connectivity index (χ2n) is 8.22.